The van der Waals surface area contributed by atoms with Crippen molar-refractivity contribution in [3.8, 4) is 0 Å². The molecule has 5 heteroatoms. The van der Waals surface area contributed by atoms with Crippen LogP contribution in [0.5, 0.6) is 0 Å². The van der Waals surface area contributed by atoms with Gasteiger partial charge in [0.15, 0.2) is 0 Å². The van der Waals surface area contributed by atoms with Crippen LogP contribution in [0.15, 0.2) is 11.8 Å². The van der Waals surface area contributed by atoms with E-state index in [-0.39, 0.29) is 11.1 Å². The topological polar surface area (TPSA) is 64.6 Å². The highest BCUT2D eigenvalue weighted by molar-refractivity contribution is 5.92. The zero-order chi connectivity index (χ0) is 14.7. The van der Waals surface area contributed by atoms with Crippen molar-refractivity contribution in [1.82, 2.24) is 5.32 Å². The molecule has 1 aliphatic carbocycles. The van der Waals surface area contributed by atoms with Gasteiger partial charge in [0.25, 0.3) is 0 Å². The second-order valence-corrected chi connectivity index (χ2v) is 6.18. The highest BCUT2D eigenvalue weighted by atomic mass is 16.6. The Morgan fingerprint density at radius 2 is 1.84 bits per heavy atom. The smallest absolute Gasteiger partial charge is 0.412 e. The van der Waals surface area contributed by atoms with E-state index in [9.17, 15) is 9.59 Å². The quantitative estimate of drug-likeness (QED) is 0.632. The first-order valence-corrected chi connectivity index (χ1v) is 6.46. The van der Waals surface area contributed by atoms with E-state index in [2.05, 4.69) is 17.0 Å². The highest BCUT2D eigenvalue weighted by Gasteiger charge is 2.32. The SMILES string of the molecule is COC(=O)/C(=C/C1(C)CCC1)NC(=O)OC(C)(C)C. The molecule has 0 aliphatic heterocycles. The molecule has 19 heavy (non-hydrogen) atoms. The van der Waals surface area contributed by atoms with E-state index in [1.165, 1.54) is 7.11 Å². The molecular weight excluding hydrogens is 246 g/mol. The summed E-state index contributed by atoms with van der Waals surface area (Å²) in [6, 6.07) is 0. The summed E-state index contributed by atoms with van der Waals surface area (Å²) < 4.78 is 9.81. The Balaban J connectivity index is 2.76. The lowest BCUT2D eigenvalue weighted by atomic mass is 9.70. The lowest BCUT2D eigenvalue weighted by Crippen LogP contribution is -2.36. The number of alkyl carbamates (subject to hydrolysis) is 1. The number of carbonyl (C=O) groups is 2. The molecule has 5 nitrogen and oxygen atoms in total. The van der Waals surface area contributed by atoms with Gasteiger partial charge in [-0.15, -0.1) is 0 Å². The maximum atomic E-state index is 11.7. The number of esters is 1. The van der Waals surface area contributed by atoms with Crippen LogP contribution < -0.4 is 5.32 Å². The third-order valence-electron chi connectivity index (χ3n) is 3.03. The van der Waals surface area contributed by atoms with Gasteiger partial charge in [-0.05, 0) is 45.1 Å². The monoisotopic (exact) mass is 269 g/mol. The van der Waals surface area contributed by atoms with E-state index in [1.54, 1.807) is 26.8 Å². The van der Waals surface area contributed by atoms with Gasteiger partial charge in [0.2, 0.25) is 0 Å². The van der Waals surface area contributed by atoms with Crippen LogP contribution in [0.4, 0.5) is 4.79 Å². The fourth-order valence-electron chi connectivity index (χ4n) is 1.90. The molecule has 0 aromatic heterocycles. The van der Waals surface area contributed by atoms with Crippen molar-refractivity contribution in [2.75, 3.05) is 7.11 Å². The number of carbonyl (C=O) groups excluding carboxylic acids is 2. The number of hydrogen-bond acceptors (Lipinski definition) is 4. The summed E-state index contributed by atoms with van der Waals surface area (Å²) in [5, 5.41) is 2.47. The molecular formula is C14H23NO4. The molecule has 1 rings (SSSR count). The second kappa shape index (κ2) is 5.63. The van der Waals surface area contributed by atoms with E-state index in [4.69, 9.17) is 4.74 Å². The van der Waals surface area contributed by atoms with Gasteiger partial charge in [-0.25, -0.2) is 9.59 Å². The van der Waals surface area contributed by atoms with Crippen molar-refractivity contribution in [1.29, 1.82) is 0 Å². The summed E-state index contributed by atoms with van der Waals surface area (Å²) in [5.41, 5.74) is -0.497. The number of ether oxygens (including phenoxy) is 2. The average Bonchev–Trinajstić information content (AvgIpc) is 2.22. The zero-order valence-corrected chi connectivity index (χ0v) is 12.3. The van der Waals surface area contributed by atoms with Gasteiger partial charge in [-0.2, -0.15) is 0 Å². The van der Waals surface area contributed by atoms with Gasteiger partial charge in [-0.3, -0.25) is 5.32 Å². The van der Waals surface area contributed by atoms with Gasteiger partial charge < -0.3 is 9.47 Å². The fourth-order valence-corrected chi connectivity index (χ4v) is 1.90. The summed E-state index contributed by atoms with van der Waals surface area (Å²) in [6.07, 6.45) is 4.26. The van der Waals surface area contributed by atoms with Crippen molar-refractivity contribution in [2.24, 2.45) is 5.41 Å². The van der Waals surface area contributed by atoms with Gasteiger partial charge in [-0.1, -0.05) is 13.3 Å². The molecule has 0 unspecified atom stereocenters. The van der Waals surface area contributed by atoms with Crippen LogP contribution in [0.2, 0.25) is 0 Å². The van der Waals surface area contributed by atoms with Crippen molar-refractivity contribution in [3.05, 3.63) is 11.8 Å². The molecule has 0 atom stereocenters. The maximum Gasteiger partial charge on any atom is 0.412 e. The minimum atomic E-state index is -0.646. The molecule has 0 bridgehead atoms. The second-order valence-electron chi connectivity index (χ2n) is 6.18. The van der Waals surface area contributed by atoms with E-state index in [1.807, 2.05) is 0 Å². The third-order valence-corrected chi connectivity index (χ3v) is 3.03. The van der Waals surface area contributed by atoms with E-state index < -0.39 is 17.7 Å². The number of amides is 1. The van der Waals surface area contributed by atoms with E-state index in [0.29, 0.717) is 0 Å². The number of hydrogen-bond donors (Lipinski definition) is 1. The molecule has 0 aromatic carbocycles. The number of allylic oxidation sites excluding steroid dienone is 1. The van der Waals surface area contributed by atoms with Crippen molar-refractivity contribution in [2.45, 2.75) is 52.6 Å². The molecule has 108 valence electrons. The van der Waals surface area contributed by atoms with Crippen molar-refractivity contribution < 1.29 is 19.1 Å². The first kappa shape index (κ1) is 15.5. The van der Waals surface area contributed by atoms with Crippen LogP contribution in [-0.2, 0) is 14.3 Å². The largest absolute Gasteiger partial charge is 0.464 e. The average molecular weight is 269 g/mol. The lowest BCUT2D eigenvalue weighted by molar-refractivity contribution is -0.136. The number of methoxy groups -OCH3 is 1. The van der Waals surface area contributed by atoms with Gasteiger partial charge >= 0.3 is 12.1 Å². The maximum absolute atomic E-state index is 11.7. The number of nitrogens with one attached hydrogen (secondary N) is 1. The van der Waals surface area contributed by atoms with Crippen LogP contribution in [0.25, 0.3) is 0 Å². The molecule has 1 saturated carbocycles. The predicted molar refractivity (Wildman–Crippen MR) is 71.4 cm³/mol. The van der Waals surface area contributed by atoms with Crippen LogP contribution in [-0.4, -0.2) is 24.8 Å². The van der Waals surface area contributed by atoms with Gasteiger partial charge in [0.1, 0.15) is 11.3 Å². The summed E-state index contributed by atoms with van der Waals surface area (Å²) >= 11 is 0. The summed E-state index contributed by atoms with van der Waals surface area (Å²) in [5.74, 6) is -0.556. The lowest BCUT2D eigenvalue weighted by Gasteiger charge is -2.35. The third kappa shape index (κ3) is 4.93. The summed E-state index contributed by atoms with van der Waals surface area (Å²) in [4.78, 5) is 23.4. The minimum Gasteiger partial charge on any atom is -0.464 e. The number of rotatable bonds is 3. The summed E-state index contributed by atoms with van der Waals surface area (Å²) in [6.45, 7) is 7.35. The molecule has 1 fully saturated rings. The minimum absolute atomic E-state index is 0.0431. The van der Waals surface area contributed by atoms with Crippen LogP contribution in [0.3, 0.4) is 0 Å². The summed E-state index contributed by atoms with van der Waals surface area (Å²) in [7, 11) is 1.29. The van der Waals surface area contributed by atoms with E-state index in [0.717, 1.165) is 19.3 Å². The molecule has 0 saturated heterocycles. The Labute approximate surface area is 114 Å². The Kier molecular flexibility index (Phi) is 4.61. The van der Waals surface area contributed by atoms with E-state index >= 15 is 0 Å². The molecule has 0 spiro atoms. The van der Waals surface area contributed by atoms with Crippen LogP contribution >= 0.6 is 0 Å². The molecule has 1 N–H and O–H groups in total. The Morgan fingerprint density at radius 1 is 1.26 bits per heavy atom. The zero-order valence-electron chi connectivity index (χ0n) is 12.3. The molecule has 0 heterocycles. The Morgan fingerprint density at radius 3 is 2.21 bits per heavy atom. The predicted octanol–water partition coefficient (Wildman–Crippen LogP) is 2.76. The standard InChI is InChI=1S/C14H23NO4/c1-13(2,3)19-12(17)15-10(11(16)18-5)9-14(4)7-6-8-14/h9H,6-8H2,1-5H3,(H,15,17)/b10-9-. The Hall–Kier alpha value is -1.52. The van der Waals surface area contributed by atoms with Crippen LogP contribution in [0, 0.1) is 5.41 Å². The van der Waals surface area contributed by atoms with Gasteiger partial charge in [0.05, 0.1) is 7.11 Å². The first-order valence-electron chi connectivity index (χ1n) is 6.46. The molecule has 0 radical (unpaired) electrons. The first-order chi connectivity index (χ1) is 8.65. The Bertz CT molecular complexity index is 389. The molecule has 1 amide bonds. The van der Waals surface area contributed by atoms with Crippen molar-refractivity contribution >= 4 is 12.1 Å². The fraction of sp³-hybridized carbons (Fsp3) is 0.714. The highest BCUT2D eigenvalue weighted by Crippen LogP contribution is 2.42. The van der Waals surface area contributed by atoms with Gasteiger partial charge in [0, 0.05) is 0 Å². The molecule has 0 aromatic rings. The van der Waals surface area contributed by atoms with Crippen LogP contribution in [0.1, 0.15) is 47.0 Å². The molecule has 1 aliphatic rings. The normalized spacial score (nSPS) is 18.3. The van der Waals surface area contributed by atoms with Crippen molar-refractivity contribution in [3.63, 3.8) is 0 Å².